The average molecular weight is 578 g/mol. The molecule has 1 aliphatic carbocycles. The van der Waals surface area contributed by atoms with Gasteiger partial charge >= 0.3 is 5.97 Å². The number of nitrogens with zero attached hydrogens (tertiary/aromatic N) is 7. The van der Waals surface area contributed by atoms with Gasteiger partial charge in [-0.2, -0.15) is 0 Å². The van der Waals surface area contributed by atoms with Gasteiger partial charge in [0, 0.05) is 42.5 Å². The van der Waals surface area contributed by atoms with Crippen molar-refractivity contribution in [1.29, 1.82) is 0 Å². The molecule has 13 heteroatoms. The third-order valence-electron chi connectivity index (χ3n) is 7.90. The van der Waals surface area contributed by atoms with Crippen molar-refractivity contribution >= 4 is 17.9 Å². The molecule has 1 saturated heterocycles. The molecule has 0 radical (unpaired) electrons. The number of aromatic amines is 1. The van der Waals surface area contributed by atoms with E-state index >= 15 is 0 Å². The number of hydrogen-bond acceptors (Lipinski definition) is 9. The number of hydrogen-bond donors (Lipinski definition) is 2. The number of imidazole rings is 1. The van der Waals surface area contributed by atoms with Crippen LogP contribution < -0.4 is 10.2 Å². The zero-order valence-corrected chi connectivity index (χ0v) is 24.0. The molecule has 6 rings (SSSR count). The number of aromatic nitrogens is 7. The molecule has 2 aliphatic rings. The predicted molar refractivity (Wildman–Crippen MR) is 151 cm³/mol. The summed E-state index contributed by atoms with van der Waals surface area (Å²) in [7, 11) is 0. The van der Waals surface area contributed by atoms with Crippen molar-refractivity contribution in [3.63, 3.8) is 0 Å². The standard InChI is InChI=1S/C29H33F2N9O2/c1-28(2,3)25(41)42-16-40-14-24(37-38-40)29(4)5-6-39(15-29)27-34-13-23(36-27)19-11-32-26(33-12-19)35-20-7-17-9-21(30)22(31)10-18(17)8-20/h9-14,20H,5-8,15-16H2,1-4H3,(H,34,36)(H,32,33,35). The van der Waals surface area contributed by atoms with Crippen LogP contribution in [0.3, 0.4) is 0 Å². The van der Waals surface area contributed by atoms with E-state index in [0.717, 1.165) is 47.0 Å². The number of halogens is 2. The molecule has 4 aromatic rings. The van der Waals surface area contributed by atoms with E-state index < -0.39 is 17.0 Å². The lowest BCUT2D eigenvalue weighted by molar-refractivity contribution is -0.157. The second-order valence-electron chi connectivity index (χ2n) is 12.4. The molecule has 0 saturated carbocycles. The van der Waals surface area contributed by atoms with Gasteiger partial charge in [-0.15, -0.1) is 5.10 Å². The molecule has 1 atom stereocenters. The molecule has 1 unspecified atom stereocenters. The van der Waals surface area contributed by atoms with Gasteiger partial charge < -0.3 is 19.9 Å². The molecule has 0 amide bonds. The van der Waals surface area contributed by atoms with Crippen LogP contribution in [0.4, 0.5) is 20.7 Å². The van der Waals surface area contributed by atoms with Gasteiger partial charge in [-0.25, -0.2) is 28.4 Å². The number of rotatable bonds is 7. The number of anilines is 2. The van der Waals surface area contributed by atoms with E-state index in [2.05, 4.69) is 47.4 Å². The van der Waals surface area contributed by atoms with Crippen LogP contribution in [0.5, 0.6) is 0 Å². The van der Waals surface area contributed by atoms with Gasteiger partial charge in [-0.1, -0.05) is 12.1 Å². The summed E-state index contributed by atoms with van der Waals surface area (Å²) in [6.45, 7) is 9.06. The Morgan fingerprint density at radius 3 is 2.48 bits per heavy atom. The third kappa shape index (κ3) is 5.55. The molecule has 4 heterocycles. The summed E-state index contributed by atoms with van der Waals surface area (Å²) in [6.07, 6.45) is 9.04. The van der Waals surface area contributed by atoms with E-state index in [0.29, 0.717) is 25.3 Å². The summed E-state index contributed by atoms with van der Waals surface area (Å²) in [5.41, 5.74) is 3.19. The molecule has 0 spiro atoms. The van der Waals surface area contributed by atoms with Crippen LogP contribution in [0.15, 0.2) is 36.9 Å². The van der Waals surface area contributed by atoms with Gasteiger partial charge in [0.1, 0.15) is 0 Å². The predicted octanol–water partition coefficient (Wildman–Crippen LogP) is 4.03. The number of ether oxygens (including phenoxy) is 1. The summed E-state index contributed by atoms with van der Waals surface area (Å²) in [6, 6.07) is 2.51. The molecule has 2 N–H and O–H groups in total. The van der Waals surface area contributed by atoms with Crippen molar-refractivity contribution in [2.45, 2.75) is 65.1 Å². The number of fused-ring (bicyclic) bond motifs is 1. The topological polar surface area (TPSA) is 127 Å². The lowest BCUT2D eigenvalue weighted by atomic mass is 9.86. The Morgan fingerprint density at radius 2 is 1.81 bits per heavy atom. The highest BCUT2D eigenvalue weighted by atomic mass is 19.2. The zero-order chi connectivity index (χ0) is 29.6. The number of nitrogens with one attached hydrogen (secondary N) is 2. The maximum atomic E-state index is 13.6. The van der Waals surface area contributed by atoms with Crippen molar-refractivity contribution in [2.24, 2.45) is 5.41 Å². The maximum absolute atomic E-state index is 13.6. The average Bonchev–Trinajstić information content (AvgIpc) is 3.74. The summed E-state index contributed by atoms with van der Waals surface area (Å²) in [5.74, 6) is -0.745. The fraction of sp³-hybridized carbons (Fsp3) is 0.448. The maximum Gasteiger partial charge on any atom is 0.313 e. The second-order valence-corrected chi connectivity index (χ2v) is 12.4. The molecular formula is C29H33F2N9O2. The Hall–Kier alpha value is -4.42. The fourth-order valence-corrected chi connectivity index (χ4v) is 5.39. The molecule has 1 aliphatic heterocycles. The Balaban J connectivity index is 1.05. The van der Waals surface area contributed by atoms with Crippen LogP contribution in [0, 0.1) is 17.0 Å². The summed E-state index contributed by atoms with van der Waals surface area (Å²) in [4.78, 5) is 31.1. The van der Waals surface area contributed by atoms with Crippen molar-refractivity contribution in [2.75, 3.05) is 23.3 Å². The Kier molecular flexibility index (Phi) is 6.90. The van der Waals surface area contributed by atoms with E-state index in [1.165, 1.54) is 12.1 Å². The molecule has 42 heavy (non-hydrogen) atoms. The zero-order valence-electron chi connectivity index (χ0n) is 24.0. The van der Waals surface area contributed by atoms with Gasteiger partial charge in [-0.3, -0.25) is 4.79 Å². The van der Waals surface area contributed by atoms with E-state index in [1.807, 2.05) is 27.0 Å². The second kappa shape index (κ2) is 10.4. The number of carbonyl (C=O) groups is 1. The van der Waals surface area contributed by atoms with Crippen LogP contribution in [0.1, 0.15) is 50.9 Å². The first-order valence-electron chi connectivity index (χ1n) is 13.9. The van der Waals surface area contributed by atoms with Crippen molar-refractivity contribution in [3.8, 4) is 11.3 Å². The highest BCUT2D eigenvalue weighted by Crippen LogP contribution is 2.35. The third-order valence-corrected chi connectivity index (χ3v) is 7.90. The van der Waals surface area contributed by atoms with E-state index in [-0.39, 0.29) is 24.2 Å². The minimum Gasteiger partial charge on any atom is -0.442 e. The lowest BCUT2D eigenvalue weighted by Gasteiger charge is -2.21. The molecule has 11 nitrogen and oxygen atoms in total. The number of carbonyl (C=O) groups excluding carboxylic acids is 1. The van der Waals surface area contributed by atoms with Crippen LogP contribution in [-0.4, -0.2) is 60.0 Å². The SMILES string of the molecule is CC(C)(C)C(=O)OCn1cc(C2(C)CCN(c3ncc(-c4cnc(NC5Cc6cc(F)c(F)cc6C5)nc4)[nH]3)C2)nn1. The largest absolute Gasteiger partial charge is 0.442 e. The van der Waals surface area contributed by atoms with Gasteiger partial charge in [0.15, 0.2) is 18.4 Å². The van der Waals surface area contributed by atoms with Crippen LogP contribution in [0.2, 0.25) is 0 Å². The molecule has 0 bridgehead atoms. The minimum atomic E-state index is -0.823. The Labute approximate surface area is 241 Å². The van der Waals surface area contributed by atoms with Gasteiger partial charge in [-0.05, 0) is 63.3 Å². The summed E-state index contributed by atoms with van der Waals surface area (Å²) >= 11 is 0. The minimum absolute atomic E-state index is 0.0229. The van der Waals surface area contributed by atoms with E-state index in [9.17, 15) is 13.6 Å². The first-order valence-corrected chi connectivity index (χ1v) is 13.9. The fourth-order valence-electron chi connectivity index (χ4n) is 5.39. The first-order chi connectivity index (χ1) is 20.0. The van der Waals surface area contributed by atoms with Crippen molar-refractivity contribution in [1.82, 2.24) is 34.9 Å². The highest BCUT2D eigenvalue weighted by Gasteiger charge is 2.39. The summed E-state index contributed by atoms with van der Waals surface area (Å²) < 4.78 is 34.1. The number of H-pyrrole nitrogens is 1. The monoisotopic (exact) mass is 577 g/mol. The molecule has 1 fully saturated rings. The van der Waals surface area contributed by atoms with Crippen molar-refractivity contribution < 1.29 is 18.3 Å². The highest BCUT2D eigenvalue weighted by molar-refractivity contribution is 5.75. The van der Waals surface area contributed by atoms with E-state index in [1.54, 1.807) is 23.3 Å². The van der Waals surface area contributed by atoms with Crippen LogP contribution >= 0.6 is 0 Å². The molecule has 1 aromatic carbocycles. The van der Waals surface area contributed by atoms with E-state index in [4.69, 9.17) is 4.74 Å². The molecular weight excluding hydrogens is 544 g/mol. The van der Waals surface area contributed by atoms with Crippen LogP contribution in [0.25, 0.3) is 11.3 Å². The van der Waals surface area contributed by atoms with Gasteiger partial charge in [0.05, 0.1) is 29.2 Å². The normalized spacial score (nSPS) is 18.9. The van der Waals surface area contributed by atoms with Gasteiger partial charge in [0.25, 0.3) is 0 Å². The molecule has 220 valence electrons. The smallest absolute Gasteiger partial charge is 0.313 e. The quantitative estimate of drug-likeness (QED) is 0.313. The van der Waals surface area contributed by atoms with Gasteiger partial charge in [0.2, 0.25) is 11.9 Å². The summed E-state index contributed by atoms with van der Waals surface area (Å²) in [5, 5.41) is 11.8. The van der Waals surface area contributed by atoms with Crippen molar-refractivity contribution in [3.05, 3.63) is 65.4 Å². The first kappa shape index (κ1) is 27.7. The lowest BCUT2D eigenvalue weighted by Crippen LogP contribution is -2.29. The Morgan fingerprint density at radius 1 is 1.12 bits per heavy atom. The number of esters is 1. The molecule has 3 aromatic heterocycles. The van der Waals surface area contributed by atoms with Crippen LogP contribution in [-0.2, 0) is 34.5 Å². The number of benzene rings is 1. The Bertz CT molecular complexity index is 1580.